The summed E-state index contributed by atoms with van der Waals surface area (Å²) in [5.74, 6) is -0.384. The molecule has 4 aromatic rings. The fourth-order valence-electron chi connectivity index (χ4n) is 3.40. The smallest absolute Gasteiger partial charge is 0.178 e. The summed E-state index contributed by atoms with van der Waals surface area (Å²) in [6.45, 7) is 1.81. The Labute approximate surface area is 163 Å². The Kier molecular flexibility index (Phi) is 4.77. The molecule has 0 unspecified atom stereocenters. The summed E-state index contributed by atoms with van der Waals surface area (Å²) in [6.07, 6.45) is 0.521. The van der Waals surface area contributed by atoms with Crippen LogP contribution in [0.25, 0.3) is 33.3 Å². The number of hydrogen-bond acceptors (Lipinski definition) is 2. The standard InChI is InChI=1S/C23H20FNO2S/c1-2-13-28(26,27)19-11-12-21-20(15-19)22(24)23(25-21)18-10-6-9-17(14-18)16-7-4-3-5-8-16/h3-12,14-15,25H,2,13H2,1H3. The van der Waals surface area contributed by atoms with E-state index in [0.717, 1.165) is 11.1 Å². The van der Waals surface area contributed by atoms with E-state index in [0.29, 0.717) is 23.2 Å². The Bertz CT molecular complexity index is 1240. The Morgan fingerprint density at radius 1 is 0.857 bits per heavy atom. The van der Waals surface area contributed by atoms with E-state index in [1.54, 1.807) is 6.07 Å². The van der Waals surface area contributed by atoms with E-state index in [2.05, 4.69) is 4.98 Å². The van der Waals surface area contributed by atoms with E-state index in [-0.39, 0.29) is 16.0 Å². The van der Waals surface area contributed by atoms with Crippen LogP contribution in [0.15, 0.2) is 77.7 Å². The number of sulfone groups is 1. The van der Waals surface area contributed by atoms with Crippen molar-refractivity contribution in [1.29, 1.82) is 0 Å². The van der Waals surface area contributed by atoms with Gasteiger partial charge in [-0.1, -0.05) is 55.5 Å². The molecule has 0 aliphatic rings. The highest BCUT2D eigenvalue weighted by atomic mass is 32.2. The number of aromatic nitrogens is 1. The van der Waals surface area contributed by atoms with Gasteiger partial charge in [0.15, 0.2) is 15.7 Å². The maximum absolute atomic E-state index is 15.2. The van der Waals surface area contributed by atoms with Crippen LogP contribution in [0.4, 0.5) is 4.39 Å². The van der Waals surface area contributed by atoms with Crippen LogP contribution in [0.3, 0.4) is 0 Å². The monoisotopic (exact) mass is 393 g/mol. The van der Waals surface area contributed by atoms with Crippen LogP contribution in [0.5, 0.6) is 0 Å². The summed E-state index contributed by atoms with van der Waals surface area (Å²) >= 11 is 0. The lowest BCUT2D eigenvalue weighted by Gasteiger charge is -2.05. The van der Waals surface area contributed by atoms with Crippen molar-refractivity contribution >= 4 is 20.7 Å². The number of halogens is 1. The van der Waals surface area contributed by atoms with Crippen molar-refractivity contribution in [1.82, 2.24) is 4.98 Å². The van der Waals surface area contributed by atoms with Crippen LogP contribution >= 0.6 is 0 Å². The van der Waals surface area contributed by atoms with Crippen molar-refractivity contribution in [3.8, 4) is 22.4 Å². The normalized spacial score (nSPS) is 11.8. The number of aromatic amines is 1. The zero-order valence-corrected chi connectivity index (χ0v) is 16.3. The van der Waals surface area contributed by atoms with Crippen LogP contribution in [0, 0.1) is 5.82 Å². The Morgan fingerprint density at radius 3 is 2.32 bits per heavy atom. The fraction of sp³-hybridized carbons (Fsp3) is 0.130. The van der Waals surface area contributed by atoms with E-state index in [1.807, 2.05) is 61.5 Å². The average molecular weight is 393 g/mol. The molecule has 0 saturated heterocycles. The topological polar surface area (TPSA) is 49.9 Å². The lowest BCUT2D eigenvalue weighted by molar-refractivity contribution is 0.595. The van der Waals surface area contributed by atoms with Crippen molar-refractivity contribution in [3.05, 3.63) is 78.6 Å². The number of fused-ring (bicyclic) bond motifs is 1. The van der Waals surface area contributed by atoms with Gasteiger partial charge in [-0.15, -0.1) is 0 Å². The summed E-state index contributed by atoms with van der Waals surface area (Å²) in [5, 5.41) is 0.289. The van der Waals surface area contributed by atoms with Gasteiger partial charge >= 0.3 is 0 Å². The summed E-state index contributed by atoms with van der Waals surface area (Å²) in [4.78, 5) is 3.26. The molecule has 0 bridgehead atoms. The molecule has 3 aromatic carbocycles. The van der Waals surface area contributed by atoms with E-state index >= 15 is 4.39 Å². The number of hydrogen-bond donors (Lipinski definition) is 1. The third kappa shape index (κ3) is 3.34. The van der Waals surface area contributed by atoms with E-state index in [9.17, 15) is 8.42 Å². The van der Waals surface area contributed by atoms with Gasteiger partial charge < -0.3 is 4.98 Å². The highest BCUT2D eigenvalue weighted by Crippen LogP contribution is 2.32. The molecule has 0 aliphatic heterocycles. The first kappa shape index (κ1) is 18.4. The Hall–Kier alpha value is -2.92. The predicted octanol–water partition coefficient (Wildman–Crippen LogP) is 5.82. The van der Waals surface area contributed by atoms with Crippen molar-refractivity contribution in [3.63, 3.8) is 0 Å². The molecule has 1 aromatic heterocycles. The minimum Gasteiger partial charge on any atom is -0.352 e. The molecule has 28 heavy (non-hydrogen) atoms. The quantitative estimate of drug-likeness (QED) is 0.464. The third-order valence-corrected chi connectivity index (χ3v) is 6.71. The zero-order chi connectivity index (χ0) is 19.7. The molecule has 0 aliphatic carbocycles. The first-order valence-electron chi connectivity index (χ1n) is 9.19. The second-order valence-electron chi connectivity index (χ2n) is 6.79. The largest absolute Gasteiger partial charge is 0.352 e. The number of rotatable bonds is 5. The molecule has 4 rings (SSSR count). The Balaban J connectivity index is 1.81. The average Bonchev–Trinajstić information content (AvgIpc) is 3.05. The summed E-state index contributed by atoms with van der Waals surface area (Å²) < 4.78 is 39.8. The van der Waals surface area contributed by atoms with E-state index in [4.69, 9.17) is 0 Å². The second kappa shape index (κ2) is 7.24. The molecule has 142 valence electrons. The molecule has 0 atom stereocenters. The zero-order valence-electron chi connectivity index (χ0n) is 15.4. The predicted molar refractivity (Wildman–Crippen MR) is 111 cm³/mol. The molecule has 0 fully saturated rings. The number of H-pyrrole nitrogens is 1. The molecule has 0 amide bonds. The molecular formula is C23H20FNO2S. The number of nitrogens with one attached hydrogen (secondary N) is 1. The van der Waals surface area contributed by atoms with Crippen LogP contribution in [-0.4, -0.2) is 19.2 Å². The van der Waals surface area contributed by atoms with Gasteiger partial charge in [0.1, 0.15) is 0 Å². The van der Waals surface area contributed by atoms with E-state index in [1.165, 1.54) is 12.1 Å². The van der Waals surface area contributed by atoms with E-state index < -0.39 is 15.7 Å². The van der Waals surface area contributed by atoms with Crippen molar-refractivity contribution in [2.45, 2.75) is 18.2 Å². The fourth-order valence-corrected chi connectivity index (χ4v) is 4.75. The highest BCUT2D eigenvalue weighted by molar-refractivity contribution is 7.91. The van der Waals surface area contributed by atoms with Gasteiger partial charge in [-0.25, -0.2) is 12.8 Å². The lowest BCUT2D eigenvalue weighted by Crippen LogP contribution is -2.05. The minimum atomic E-state index is -3.40. The van der Waals surface area contributed by atoms with Crippen LogP contribution in [0.2, 0.25) is 0 Å². The molecule has 5 heteroatoms. The minimum absolute atomic E-state index is 0.0521. The van der Waals surface area contributed by atoms with Crippen LogP contribution < -0.4 is 0 Å². The number of benzene rings is 3. The van der Waals surface area contributed by atoms with Gasteiger partial charge in [0.05, 0.1) is 16.3 Å². The SMILES string of the molecule is CCCS(=O)(=O)c1ccc2[nH]c(-c3cccc(-c4ccccc4)c3)c(F)c2c1. The first-order valence-corrected chi connectivity index (χ1v) is 10.8. The lowest BCUT2D eigenvalue weighted by atomic mass is 10.0. The molecular weight excluding hydrogens is 373 g/mol. The van der Waals surface area contributed by atoms with Gasteiger partial charge in [0.25, 0.3) is 0 Å². The third-order valence-electron chi connectivity index (χ3n) is 4.80. The maximum Gasteiger partial charge on any atom is 0.178 e. The Morgan fingerprint density at radius 2 is 1.57 bits per heavy atom. The molecule has 1 N–H and O–H groups in total. The van der Waals surface area contributed by atoms with Gasteiger partial charge in [-0.2, -0.15) is 0 Å². The van der Waals surface area contributed by atoms with Gasteiger partial charge in [0, 0.05) is 16.5 Å². The second-order valence-corrected chi connectivity index (χ2v) is 8.90. The van der Waals surface area contributed by atoms with Crippen molar-refractivity contribution in [2.75, 3.05) is 5.75 Å². The highest BCUT2D eigenvalue weighted by Gasteiger charge is 2.18. The maximum atomic E-state index is 15.2. The molecule has 0 radical (unpaired) electrons. The van der Waals surface area contributed by atoms with Crippen molar-refractivity contribution < 1.29 is 12.8 Å². The van der Waals surface area contributed by atoms with Gasteiger partial charge in [0.2, 0.25) is 0 Å². The van der Waals surface area contributed by atoms with Gasteiger partial charge in [-0.05, 0) is 41.8 Å². The summed E-state index contributed by atoms with van der Waals surface area (Å²) in [6, 6.07) is 22.1. The molecule has 1 heterocycles. The molecule has 0 spiro atoms. The molecule has 3 nitrogen and oxygen atoms in total. The van der Waals surface area contributed by atoms with Crippen LogP contribution in [-0.2, 0) is 9.84 Å². The molecule has 0 saturated carbocycles. The summed E-state index contributed by atoms with van der Waals surface area (Å²) in [5.41, 5.74) is 3.69. The van der Waals surface area contributed by atoms with Gasteiger partial charge in [-0.3, -0.25) is 0 Å². The summed E-state index contributed by atoms with van der Waals surface area (Å²) in [7, 11) is -3.40. The van der Waals surface area contributed by atoms with Crippen molar-refractivity contribution in [2.24, 2.45) is 0 Å². The van der Waals surface area contributed by atoms with Crippen LogP contribution in [0.1, 0.15) is 13.3 Å². The first-order chi connectivity index (χ1) is 13.5.